The van der Waals surface area contributed by atoms with Crippen LogP contribution in [0.4, 0.5) is 5.69 Å². The number of ether oxygens (including phenoxy) is 1. The van der Waals surface area contributed by atoms with Crippen LogP contribution in [0.2, 0.25) is 0 Å². The number of nitro benzene ring substituents is 1. The molecule has 3 aromatic rings. The largest absolute Gasteiger partial charge is 0.502 e. The summed E-state index contributed by atoms with van der Waals surface area (Å²) in [6.07, 6.45) is 1.50. The third-order valence-electron chi connectivity index (χ3n) is 5.20. The monoisotopic (exact) mass is 543 g/mol. The van der Waals surface area contributed by atoms with E-state index in [0.29, 0.717) is 21.6 Å². The maximum absolute atomic E-state index is 13.5. The van der Waals surface area contributed by atoms with Gasteiger partial charge >= 0.3 is 11.7 Å². The van der Waals surface area contributed by atoms with Crippen molar-refractivity contribution in [1.82, 2.24) is 4.57 Å². The van der Waals surface area contributed by atoms with Crippen molar-refractivity contribution in [1.29, 1.82) is 0 Å². The Labute approximate surface area is 205 Å². The number of phenolic OH excluding ortho intramolecular Hbond substituents is 1. The van der Waals surface area contributed by atoms with Gasteiger partial charge in [-0.25, -0.2) is 9.79 Å². The van der Waals surface area contributed by atoms with Gasteiger partial charge in [-0.3, -0.25) is 19.5 Å². The van der Waals surface area contributed by atoms with Gasteiger partial charge in [-0.15, -0.1) is 0 Å². The number of esters is 1. The number of halogens is 1. The molecule has 0 radical (unpaired) electrons. The highest BCUT2D eigenvalue weighted by Gasteiger charge is 2.33. The summed E-state index contributed by atoms with van der Waals surface area (Å²) in [5, 5.41) is 20.9. The molecular weight excluding hydrogens is 526 g/mol. The molecule has 1 aliphatic heterocycles. The van der Waals surface area contributed by atoms with Crippen LogP contribution in [0.5, 0.6) is 5.75 Å². The fraction of sp³-hybridized carbons (Fsp3) is 0.174. The molecule has 9 nitrogen and oxygen atoms in total. The van der Waals surface area contributed by atoms with E-state index in [4.69, 9.17) is 4.74 Å². The predicted octanol–water partition coefficient (Wildman–Crippen LogP) is 3.17. The summed E-state index contributed by atoms with van der Waals surface area (Å²) in [6, 6.07) is 10.4. The van der Waals surface area contributed by atoms with Crippen LogP contribution in [0.1, 0.15) is 31.0 Å². The number of nitro groups is 1. The number of nitrogens with zero attached hydrogens (tertiary/aromatic N) is 3. The van der Waals surface area contributed by atoms with Gasteiger partial charge in [0.05, 0.1) is 33.4 Å². The highest BCUT2D eigenvalue weighted by atomic mass is 79.9. The number of benzene rings is 2. The first kappa shape index (κ1) is 23.6. The fourth-order valence-corrected chi connectivity index (χ4v) is 4.99. The van der Waals surface area contributed by atoms with Crippen LogP contribution in [0.15, 0.2) is 68.0 Å². The molecule has 0 saturated heterocycles. The Morgan fingerprint density at radius 2 is 2.03 bits per heavy atom. The number of rotatable bonds is 5. The summed E-state index contributed by atoms with van der Waals surface area (Å²) in [5.41, 5.74) is 0.920. The fourth-order valence-electron chi connectivity index (χ4n) is 3.68. The van der Waals surface area contributed by atoms with Gasteiger partial charge in [-0.05, 0) is 49.2 Å². The number of thiazole rings is 1. The third-order valence-corrected chi connectivity index (χ3v) is 6.71. The lowest BCUT2D eigenvalue weighted by atomic mass is 9.96. The van der Waals surface area contributed by atoms with Crippen molar-refractivity contribution >= 4 is 45.0 Å². The van der Waals surface area contributed by atoms with Gasteiger partial charge in [0.25, 0.3) is 5.56 Å². The summed E-state index contributed by atoms with van der Waals surface area (Å²) in [5.74, 6) is -1.02. The molecule has 1 aromatic heterocycles. The van der Waals surface area contributed by atoms with Crippen LogP contribution in [-0.4, -0.2) is 27.2 Å². The molecule has 11 heteroatoms. The maximum atomic E-state index is 13.5. The van der Waals surface area contributed by atoms with Gasteiger partial charge in [0.2, 0.25) is 0 Å². The lowest BCUT2D eigenvalue weighted by Crippen LogP contribution is -2.39. The average molecular weight is 544 g/mol. The maximum Gasteiger partial charge on any atom is 0.338 e. The number of phenols is 1. The van der Waals surface area contributed by atoms with Crippen LogP contribution >= 0.6 is 27.3 Å². The smallest absolute Gasteiger partial charge is 0.338 e. The Bertz CT molecular complexity index is 1520. The van der Waals surface area contributed by atoms with Gasteiger partial charge in [-0.1, -0.05) is 45.5 Å². The molecule has 34 heavy (non-hydrogen) atoms. The molecule has 174 valence electrons. The van der Waals surface area contributed by atoms with E-state index in [9.17, 15) is 24.8 Å². The van der Waals surface area contributed by atoms with Crippen molar-refractivity contribution in [2.45, 2.75) is 19.9 Å². The number of fused-ring (bicyclic) bond motifs is 1. The Hall–Kier alpha value is -3.57. The summed E-state index contributed by atoms with van der Waals surface area (Å²) >= 11 is 4.51. The van der Waals surface area contributed by atoms with Gasteiger partial charge in [0.15, 0.2) is 10.6 Å². The molecule has 0 spiro atoms. The second kappa shape index (κ2) is 9.35. The van der Waals surface area contributed by atoms with Gasteiger partial charge in [0.1, 0.15) is 0 Å². The first-order valence-corrected chi connectivity index (χ1v) is 11.7. The molecule has 1 atom stereocenters. The first-order chi connectivity index (χ1) is 16.2. The standard InChI is InChI=1S/C23H18BrN3O6S/c1-3-33-22(30)19-12(2)25-23-26(20(19)14-5-7-15(24)8-6-14)21(29)18(34-23)11-13-4-9-17(28)16(10-13)27(31)32/h4-11,20,28H,3H2,1-2H3/b18-11-/t20-/m1/s1. The highest BCUT2D eigenvalue weighted by molar-refractivity contribution is 9.10. The van der Waals surface area contributed by atoms with E-state index in [-0.39, 0.29) is 16.7 Å². The molecule has 0 bridgehead atoms. The van der Waals surface area contributed by atoms with Crippen LogP contribution in [0.25, 0.3) is 6.08 Å². The molecule has 0 fully saturated rings. The molecule has 1 N–H and O–H groups in total. The van der Waals surface area contributed by atoms with Crippen LogP contribution in [-0.2, 0) is 9.53 Å². The number of hydrogen-bond donors (Lipinski definition) is 1. The van der Waals surface area contributed by atoms with E-state index in [1.165, 1.54) is 28.8 Å². The lowest BCUT2D eigenvalue weighted by Gasteiger charge is -2.24. The van der Waals surface area contributed by atoms with Gasteiger partial charge in [-0.2, -0.15) is 0 Å². The highest BCUT2D eigenvalue weighted by Crippen LogP contribution is 2.31. The van der Waals surface area contributed by atoms with Crippen molar-refractivity contribution in [3.8, 4) is 5.75 Å². The Morgan fingerprint density at radius 3 is 2.68 bits per heavy atom. The molecule has 0 unspecified atom stereocenters. The van der Waals surface area contributed by atoms with Crippen molar-refractivity contribution in [2.24, 2.45) is 4.99 Å². The zero-order valence-electron chi connectivity index (χ0n) is 18.0. The number of aromatic nitrogens is 1. The predicted molar refractivity (Wildman–Crippen MR) is 129 cm³/mol. The van der Waals surface area contributed by atoms with Crippen LogP contribution < -0.4 is 14.9 Å². The van der Waals surface area contributed by atoms with E-state index in [1.807, 2.05) is 24.3 Å². The minimum Gasteiger partial charge on any atom is -0.502 e. The molecule has 1 aliphatic rings. The Kier molecular flexibility index (Phi) is 6.49. The molecule has 2 heterocycles. The lowest BCUT2D eigenvalue weighted by molar-refractivity contribution is -0.385. The Morgan fingerprint density at radius 1 is 1.32 bits per heavy atom. The van der Waals surface area contributed by atoms with E-state index in [1.54, 1.807) is 13.8 Å². The first-order valence-electron chi connectivity index (χ1n) is 10.1. The van der Waals surface area contributed by atoms with Crippen molar-refractivity contribution < 1.29 is 19.6 Å². The zero-order chi connectivity index (χ0) is 24.6. The third kappa shape index (κ3) is 4.31. The normalized spacial score (nSPS) is 15.6. The number of allylic oxidation sites excluding steroid dienone is 1. The minimum absolute atomic E-state index is 0.173. The summed E-state index contributed by atoms with van der Waals surface area (Å²) < 4.78 is 7.82. The summed E-state index contributed by atoms with van der Waals surface area (Å²) in [4.78, 5) is 41.7. The number of carbonyl (C=O) groups is 1. The summed E-state index contributed by atoms with van der Waals surface area (Å²) in [6.45, 7) is 3.57. The van der Waals surface area contributed by atoms with E-state index < -0.39 is 33.9 Å². The molecule has 0 aliphatic carbocycles. The van der Waals surface area contributed by atoms with E-state index in [2.05, 4.69) is 20.9 Å². The zero-order valence-corrected chi connectivity index (χ0v) is 20.4. The number of hydrogen-bond acceptors (Lipinski definition) is 8. The summed E-state index contributed by atoms with van der Waals surface area (Å²) in [7, 11) is 0. The van der Waals surface area contributed by atoms with E-state index >= 15 is 0 Å². The van der Waals surface area contributed by atoms with Crippen molar-refractivity contribution in [2.75, 3.05) is 6.61 Å². The van der Waals surface area contributed by atoms with Crippen molar-refractivity contribution in [3.63, 3.8) is 0 Å². The van der Waals surface area contributed by atoms with Gasteiger partial charge in [0, 0.05) is 10.5 Å². The molecule has 2 aromatic carbocycles. The van der Waals surface area contributed by atoms with Crippen LogP contribution in [0.3, 0.4) is 0 Å². The topological polar surface area (TPSA) is 124 Å². The second-order valence-electron chi connectivity index (χ2n) is 7.36. The number of carbonyl (C=O) groups excluding carboxylic acids is 1. The molecule has 0 amide bonds. The molecular formula is C23H18BrN3O6S. The molecule has 0 saturated carbocycles. The average Bonchev–Trinajstić information content (AvgIpc) is 3.09. The van der Waals surface area contributed by atoms with Crippen molar-refractivity contribution in [3.05, 3.63) is 99.1 Å². The number of aromatic hydroxyl groups is 1. The second-order valence-corrected chi connectivity index (χ2v) is 9.28. The van der Waals surface area contributed by atoms with Gasteiger partial charge < -0.3 is 9.84 Å². The quantitative estimate of drug-likeness (QED) is 0.299. The van der Waals surface area contributed by atoms with Crippen LogP contribution in [0, 0.1) is 10.1 Å². The minimum atomic E-state index is -0.750. The SMILES string of the molecule is CCOC(=O)C1=C(C)N=c2s/c(=C\c3ccc(O)c([N+](=O)[O-])c3)c(=O)n2[C@@H]1c1ccc(Br)cc1. The van der Waals surface area contributed by atoms with E-state index in [0.717, 1.165) is 15.8 Å². The Balaban J connectivity index is 1.94. The molecule has 4 rings (SSSR count).